The zero-order valence-corrected chi connectivity index (χ0v) is 26.9. The number of carbonyl (C=O) groups is 1. The number of rotatable bonds is 29. The van der Waals surface area contributed by atoms with Gasteiger partial charge in [0, 0.05) is 5.57 Å². The first-order valence-corrected chi connectivity index (χ1v) is 17.2. The Morgan fingerprint density at radius 1 is 0.553 bits per heavy atom. The summed E-state index contributed by atoms with van der Waals surface area (Å²) in [6.07, 6.45) is 32.7. The Morgan fingerprint density at radius 2 is 0.868 bits per heavy atom. The molecular weight excluding hydrogens is 464 g/mol. The monoisotopic (exact) mass is 535 g/mol. The molecule has 0 amide bonds. The SMILES string of the molecule is C=C(C)C(=O)OCC(CCCCCCCC(C)CCCCCCC)CCCCCC(C)CCCCCCC. The fraction of sp³-hybridized carbons (Fsp3) is 0.917. The highest BCUT2D eigenvalue weighted by molar-refractivity contribution is 5.86. The van der Waals surface area contributed by atoms with E-state index in [4.69, 9.17) is 4.74 Å². The van der Waals surface area contributed by atoms with Crippen LogP contribution < -0.4 is 0 Å². The van der Waals surface area contributed by atoms with Crippen molar-refractivity contribution in [2.45, 2.75) is 189 Å². The molecule has 0 N–H and O–H groups in total. The second-order valence-corrected chi connectivity index (χ2v) is 12.8. The van der Waals surface area contributed by atoms with Crippen molar-refractivity contribution in [3.63, 3.8) is 0 Å². The lowest BCUT2D eigenvalue weighted by molar-refractivity contribution is -0.140. The van der Waals surface area contributed by atoms with Crippen molar-refractivity contribution in [2.75, 3.05) is 6.61 Å². The van der Waals surface area contributed by atoms with Gasteiger partial charge in [-0.25, -0.2) is 4.79 Å². The lowest BCUT2D eigenvalue weighted by Crippen LogP contribution is -2.15. The van der Waals surface area contributed by atoms with Gasteiger partial charge in [-0.1, -0.05) is 176 Å². The summed E-state index contributed by atoms with van der Waals surface area (Å²) in [5.41, 5.74) is 0.516. The fourth-order valence-corrected chi connectivity index (χ4v) is 5.67. The van der Waals surface area contributed by atoms with Crippen LogP contribution in [0.25, 0.3) is 0 Å². The van der Waals surface area contributed by atoms with Crippen molar-refractivity contribution in [1.29, 1.82) is 0 Å². The molecule has 0 aromatic rings. The molecule has 2 heteroatoms. The molecule has 3 atom stereocenters. The van der Waals surface area contributed by atoms with Gasteiger partial charge >= 0.3 is 5.97 Å². The van der Waals surface area contributed by atoms with Crippen LogP contribution >= 0.6 is 0 Å². The molecule has 0 aliphatic heterocycles. The predicted molar refractivity (Wildman–Crippen MR) is 170 cm³/mol. The van der Waals surface area contributed by atoms with Gasteiger partial charge in [0.05, 0.1) is 6.61 Å². The number of esters is 1. The third kappa shape index (κ3) is 25.5. The third-order valence-electron chi connectivity index (χ3n) is 8.52. The second-order valence-electron chi connectivity index (χ2n) is 12.8. The molecule has 0 spiro atoms. The zero-order valence-electron chi connectivity index (χ0n) is 26.9. The van der Waals surface area contributed by atoms with Gasteiger partial charge in [0.25, 0.3) is 0 Å². The molecule has 0 saturated heterocycles. The maximum Gasteiger partial charge on any atom is 0.333 e. The van der Waals surface area contributed by atoms with Crippen molar-refractivity contribution in [3.8, 4) is 0 Å². The Balaban J connectivity index is 4.00. The van der Waals surface area contributed by atoms with Gasteiger partial charge in [-0.15, -0.1) is 0 Å². The highest BCUT2D eigenvalue weighted by Crippen LogP contribution is 2.23. The van der Waals surface area contributed by atoms with E-state index in [2.05, 4.69) is 34.3 Å². The summed E-state index contributed by atoms with van der Waals surface area (Å²) < 4.78 is 5.57. The predicted octanol–water partition coefficient (Wildman–Crippen LogP) is 12.4. The molecule has 226 valence electrons. The van der Waals surface area contributed by atoms with Crippen molar-refractivity contribution >= 4 is 5.97 Å². The molecule has 0 fully saturated rings. The van der Waals surface area contributed by atoms with Crippen LogP contribution in [0.3, 0.4) is 0 Å². The summed E-state index contributed by atoms with van der Waals surface area (Å²) >= 11 is 0. The van der Waals surface area contributed by atoms with E-state index in [0.717, 1.165) is 11.8 Å². The standard InChI is InChI=1S/C36H70O2/c1-7-9-11-14-19-25-33(5)27-21-16-13-17-23-29-35(31-38-36(37)32(3)4)30-24-18-22-28-34(6)26-20-15-12-10-8-2/h33-35H,3,7-31H2,1-2,4-6H3. The molecule has 0 radical (unpaired) electrons. The minimum atomic E-state index is -0.220. The molecule has 0 heterocycles. The van der Waals surface area contributed by atoms with E-state index in [1.807, 2.05) is 0 Å². The molecule has 0 rings (SSSR count). The number of unbranched alkanes of at least 4 members (excludes halogenated alkanes) is 14. The molecule has 2 nitrogen and oxygen atoms in total. The van der Waals surface area contributed by atoms with Gasteiger partial charge in [0.2, 0.25) is 0 Å². The van der Waals surface area contributed by atoms with Crippen molar-refractivity contribution < 1.29 is 9.53 Å². The van der Waals surface area contributed by atoms with Crippen LogP contribution in [0.2, 0.25) is 0 Å². The third-order valence-corrected chi connectivity index (χ3v) is 8.52. The number of hydrogen-bond donors (Lipinski definition) is 0. The fourth-order valence-electron chi connectivity index (χ4n) is 5.67. The van der Waals surface area contributed by atoms with Crippen LogP contribution in [0.15, 0.2) is 12.2 Å². The Hall–Kier alpha value is -0.790. The smallest absolute Gasteiger partial charge is 0.333 e. The molecule has 0 bridgehead atoms. The Morgan fingerprint density at radius 3 is 1.24 bits per heavy atom. The first kappa shape index (κ1) is 37.2. The van der Waals surface area contributed by atoms with E-state index < -0.39 is 0 Å². The molecule has 0 saturated carbocycles. The minimum Gasteiger partial charge on any atom is -0.462 e. The lowest BCUT2D eigenvalue weighted by Gasteiger charge is -2.18. The van der Waals surface area contributed by atoms with Crippen LogP contribution in [0.1, 0.15) is 189 Å². The average molecular weight is 535 g/mol. The summed E-state index contributed by atoms with van der Waals surface area (Å²) in [5, 5.41) is 0. The summed E-state index contributed by atoms with van der Waals surface area (Å²) in [4.78, 5) is 11.9. The van der Waals surface area contributed by atoms with E-state index >= 15 is 0 Å². The van der Waals surface area contributed by atoms with Crippen LogP contribution in [-0.4, -0.2) is 12.6 Å². The highest BCUT2D eigenvalue weighted by Gasteiger charge is 2.13. The zero-order chi connectivity index (χ0) is 28.3. The summed E-state index contributed by atoms with van der Waals surface area (Å²) in [7, 11) is 0. The Labute approximate surface area is 240 Å². The molecule has 0 aliphatic carbocycles. The largest absolute Gasteiger partial charge is 0.462 e. The summed E-state index contributed by atoms with van der Waals surface area (Å²) in [6, 6.07) is 0. The number of hydrogen-bond acceptors (Lipinski definition) is 2. The Kier molecular flexibility index (Phi) is 27.2. The number of carbonyl (C=O) groups excluding carboxylic acids is 1. The van der Waals surface area contributed by atoms with E-state index in [9.17, 15) is 4.79 Å². The van der Waals surface area contributed by atoms with Gasteiger partial charge < -0.3 is 4.74 Å². The van der Waals surface area contributed by atoms with E-state index in [-0.39, 0.29) is 5.97 Å². The summed E-state index contributed by atoms with van der Waals surface area (Å²) in [5.74, 6) is 2.07. The van der Waals surface area contributed by atoms with E-state index in [1.54, 1.807) is 6.92 Å². The van der Waals surface area contributed by atoms with Gasteiger partial charge in [0.1, 0.15) is 0 Å². The first-order chi connectivity index (χ1) is 18.4. The molecular formula is C36H70O2. The van der Waals surface area contributed by atoms with Crippen molar-refractivity contribution in [3.05, 3.63) is 12.2 Å². The van der Waals surface area contributed by atoms with Gasteiger partial charge in [-0.3, -0.25) is 0 Å². The maximum atomic E-state index is 11.9. The van der Waals surface area contributed by atoms with Crippen LogP contribution in [0.4, 0.5) is 0 Å². The Bertz CT molecular complexity index is 525. The van der Waals surface area contributed by atoms with Gasteiger partial charge in [-0.2, -0.15) is 0 Å². The average Bonchev–Trinajstić information content (AvgIpc) is 2.89. The molecule has 0 aliphatic rings. The maximum absolute atomic E-state index is 11.9. The number of ether oxygens (including phenoxy) is 1. The van der Waals surface area contributed by atoms with E-state index in [1.165, 1.54) is 154 Å². The van der Waals surface area contributed by atoms with Crippen molar-refractivity contribution in [1.82, 2.24) is 0 Å². The van der Waals surface area contributed by atoms with Crippen molar-refractivity contribution in [2.24, 2.45) is 17.8 Å². The molecule has 38 heavy (non-hydrogen) atoms. The highest BCUT2D eigenvalue weighted by atomic mass is 16.5. The lowest BCUT2D eigenvalue weighted by atomic mass is 9.92. The van der Waals surface area contributed by atoms with Gasteiger partial charge in [0.15, 0.2) is 0 Å². The van der Waals surface area contributed by atoms with Crippen LogP contribution in [-0.2, 0) is 9.53 Å². The van der Waals surface area contributed by atoms with Crippen LogP contribution in [0.5, 0.6) is 0 Å². The molecule has 0 aromatic carbocycles. The topological polar surface area (TPSA) is 26.3 Å². The first-order valence-electron chi connectivity index (χ1n) is 17.2. The quantitative estimate of drug-likeness (QED) is 0.0541. The molecule has 3 unspecified atom stereocenters. The van der Waals surface area contributed by atoms with Gasteiger partial charge in [-0.05, 0) is 37.5 Å². The second kappa shape index (κ2) is 27.8. The summed E-state index contributed by atoms with van der Waals surface area (Å²) in [6.45, 7) is 15.5. The molecule has 0 aromatic heterocycles. The van der Waals surface area contributed by atoms with E-state index in [0.29, 0.717) is 18.1 Å². The van der Waals surface area contributed by atoms with Crippen LogP contribution in [0, 0.1) is 17.8 Å². The minimum absolute atomic E-state index is 0.220. The normalized spacial score (nSPS) is 13.8.